The molecule has 0 N–H and O–H groups in total. The van der Waals surface area contributed by atoms with Gasteiger partial charge in [-0.15, -0.1) is 0 Å². The summed E-state index contributed by atoms with van der Waals surface area (Å²) in [5.74, 6) is 0.795. The number of hydrogen-bond donors (Lipinski definition) is 0. The summed E-state index contributed by atoms with van der Waals surface area (Å²) >= 11 is 13.5. The van der Waals surface area contributed by atoms with Crippen molar-refractivity contribution in [2.24, 2.45) is 5.92 Å². The van der Waals surface area contributed by atoms with Crippen molar-refractivity contribution < 1.29 is 14.4 Å². The van der Waals surface area contributed by atoms with Crippen LogP contribution < -0.4 is 0 Å². The van der Waals surface area contributed by atoms with Gasteiger partial charge < -0.3 is 14.7 Å². The highest BCUT2D eigenvalue weighted by Gasteiger charge is 2.32. The van der Waals surface area contributed by atoms with Gasteiger partial charge in [-0.3, -0.25) is 14.4 Å². The van der Waals surface area contributed by atoms with Crippen LogP contribution in [0.5, 0.6) is 0 Å². The van der Waals surface area contributed by atoms with Gasteiger partial charge in [-0.25, -0.2) is 0 Å². The van der Waals surface area contributed by atoms with Crippen molar-refractivity contribution in [2.45, 2.75) is 57.9 Å². The molecule has 0 spiro atoms. The van der Waals surface area contributed by atoms with Gasteiger partial charge in [0, 0.05) is 67.7 Å². The lowest BCUT2D eigenvalue weighted by Crippen LogP contribution is -2.50. The molecule has 5 rings (SSSR count). The minimum absolute atomic E-state index is 0.0208. The van der Waals surface area contributed by atoms with Gasteiger partial charge >= 0.3 is 0 Å². The first-order chi connectivity index (χ1) is 18.3. The van der Waals surface area contributed by atoms with Crippen LogP contribution >= 0.6 is 23.2 Å². The van der Waals surface area contributed by atoms with Crippen LogP contribution in [0.1, 0.15) is 61.4 Å². The van der Waals surface area contributed by atoms with E-state index in [0.717, 1.165) is 61.8 Å². The zero-order valence-corrected chi connectivity index (χ0v) is 23.4. The summed E-state index contributed by atoms with van der Waals surface area (Å²) in [4.78, 5) is 42.4. The molecule has 2 atom stereocenters. The van der Waals surface area contributed by atoms with Crippen molar-refractivity contribution in [3.8, 4) is 11.1 Å². The maximum Gasteiger partial charge on any atom is 0.253 e. The molecule has 2 aromatic rings. The number of piperazine rings is 1. The second-order valence-electron chi connectivity index (χ2n) is 10.9. The molecule has 202 valence electrons. The SMILES string of the molecule is CC(=O)N1CCN(C(=O)c2ccc(-c3cc(Cl)c(CC4CCCC(N5CCCC5=O)C4)c(Cl)c3)cc2)CC1. The average Bonchev–Trinajstić information content (AvgIpc) is 3.36. The smallest absolute Gasteiger partial charge is 0.253 e. The highest BCUT2D eigenvalue weighted by Crippen LogP contribution is 2.38. The molecule has 2 heterocycles. The van der Waals surface area contributed by atoms with Gasteiger partial charge in [0.25, 0.3) is 5.91 Å². The lowest BCUT2D eigenvalue weighted by molar-refractivity contribution is -0.131. The van der Waals surface area contributed by atoms with E-state index < -0.39 is 0 Å². The van der Waals surface area contributed by atoms with Crippen LogP contribution in [0, 0.1) is 5.92 Å². The number of nitrogens with zero attached hydrogens (tertiary/aromatic N) is 3. The number of halogens is 2. The third-order valence-corrected chi connectivity index (χ3v) is 9.09. The Morgan fingerprint density at radius 2 is 1.53 bits per heavy atom. The highest BCUT2D eigenvalue weighted by molar-refractivity contribution is 6.36. The molecule has 2 aromatic carbocycles. The number of benzene rings is 2. The van der Waals surface area contributed by atoms with Crippen LogP contribution in [-0.4, -0.2) is 71.2 Å². The fraction of sp³-hybridized carbons (Fsp3) is 0.500. The minimum atomic E-state index is -0.0208. The van der Waals surface area contributed by atoms with Crippen molar-refractivity contribution >= 4 is 40.9 Å². The van der Waals surface area contributed by atoms with Gasteiger partial charge in [0.1, 0.15) is 0 Å². The van der Waals surface area contributed by atoms with Crippen LogP contribution in [-0.2, 0) is 16.0 Å². The molecule has 3 aliphatic rings. The van der Waals surface area contributed by atoms with E-state index in [1.165, 1.54) is 0 Å². The first-order valence-electron chi connectivity index (χ1n) is 13.7. The van der Waals surface area contributed by atoms with E-state index in [2.05, 4.69) is 4.90 Å². The molecule has 1 saturated carbocycles. The standard InChI is InChI=1S/C30H35Cl2N3O3/c1-20(36)33-12-14-34(15-13-33)30(38)23-9-7-22(8-10-23)24-18-27(31)26(28(32)19-24)17-21-4-2-5-25(16-21)35-11-3-6-29(35)37/h7-10,18-19,21,25H,2-6,11-17H2,1H3. The zero-order chi connectivity index (χ0) is 26.8. The Hall–Kier alpha value is -2.57. The quantitative estimate of drug-likeness (QED) is 0.476. The maximum absolute atomic E-state index is 12.9. The van der Waals surface area contributed by atoms with E-state index in [1.807, 2.05) is 36.4 Å². The van der Waals surface area contributed by atoms with Gasteiger partial charge in [-0.1, -0.05) is 41.8 Å². The number of carbonyl (C=O) groups is 3. The largest absolute Gasteiger partial charge is 0.340 e. The predicted molar refractivity (Wildman–Crippen MR) is 150 cm³/mol. The summed E-state index contributed by atoms with van der Waals surface area (Å²) in [6.07, 6.45) is 6.85. The highest BCUT2D eigenvalue weighted by atomic mass is 35.5. The molecule has 1 aliphatic carbocycles. The summed E-state index contributed by atoms with van der Waals surface area (Å²) in [5.41, 5.74) is 3.47. The number of rotatable bonds is 5. The monoisotopic (exact) mass is 555 g/mol. The van der Waals surface area contributed by atoms with E-state index in [4.69, 9.17) is 23.2 Å². The molecular formula is C30H35Cl2N3O3. The Bertz CT molecular complexity index is 1180. The topological polar surface area (TPSA) is 60.9 Å². The number of hydrogen-bond acceptors (Lipinski definition) is 3. The summed E-state index contributed by atoms with van der Waals surface area (Å²) in [6, 6.07) is 11.8. The van der Waals surface area contributed by atoms with Crippen LogP contribution in [0.2, 0.25) is 10.0 Å². The van der Waals surface area contributed by atoms with Gasteiger partial charge in [0.05, 0.1) is 0 Å². The molecule has 6 nitrogen and oxygen atoms in total. The van der Waals surface area contributed by atoms with Gasteiger partial charge in [-0.05, 0) is 79.0 Å². The summed E-state index contributed by atoms with van der Waals surface area (Å²) in [6.45, 7) is 4.69. The van der Waals surface area contributed by atoms with Crippen molar-refractivity contribution in [2.75, 3.05) is 32.7 Å². The van der Waals surface area contributed by atoms with Crippen molar-refractivity contribution in [1.82, 2.24) is 14.7 Å². The molecular weight excluding hydrogens is 521 g/mol. The lowest BCUT2D eigenvalue weighted by atomic mass is 9.81. The zero-order valence-electron chi connectivity index (χ0n) is 21.9. The maximum atomic E-state index is 12.9. The summed E-state index contributed by atoms with van der Waals surface area (Å²) < 4.78 is 0. The molecule has 0 radical (unpaired) electrons. The molecule has 2 aliphatic heterocycles. The minimum Gasteiger partial charge on any atom is -0.340 e. The first-order valence-corrected chi connectivity index (χ1v) is 14.5. The molecule has 0 aromatic heterocycles. The van der Waals surface area contributed by atoms with Gasteiger partial charge in [0.15, 0.2) is 0 Å². The van der Waals surface area contributed by atoms with E-state index in [1.54, 1.807) is 16.7 Å². The summed E-state index contributed by atoms with van der Waals surface area (Å²) in [5, 5.41) is 1.32. The third kappa shape index (κ3) is 5.86. The Balaban J connectivity index is 1.24. The van der Waals surface area contributed by atoms with Gasteiger partial charge in [-0.2, -0.15) is 0 Å². The number of amides is 3. The second kappa shape index (κ2) is 11.7. The lowest BCUT2D eigenvalue weighted by Gasteiger charge is -2.35. The van der Waals surface area contributed by atoms with E-state index in [9.17, 15) is 14.4 Å². The Morgan fingerprint density at radius 1 is 0.868 bits per heavy atom. The Kier molecular flexibility index (Phi) is 8.29. The van der Waals surface area contributed by atoms with Crippen LogP contribution in [0.15, 0.2) is 36.4 Å². The van der Waals surface area contributed by atoms with E-state index >= 15 is 0 Å². The number of carbonyl (C=O) groups excluding carboxylic acids is 3. The summed E-state index contributed by atoms with van der Waals surface area (Å²) in [7, 11) is 0. The van der Waals surface area contributed by atoms with E-state index in [0.29, 0.717) is 66.1 Å². The normalized spacial score (nSPS) is 22.2. The van der Waals surface area contributed by atoms with Crippen LogP contribution in [0.4, 0.5) is 0 Å². The van der Waals surface area contributed by atoms with E-state index in [-0.39, 0.29) is 11.8 Å². The number of likely N-dealkylation sites (tertiary alicyclic amines) is 1. The van der Waals surface area contributed by atoms with Crippen molar-refractivity contribution in [3.63, 3.8) is 0 Å². The fourth-order valence-electron chi connectivity index (χ4n) is 6.25. The van der Waals surface area contributed by atoms with Crippen molar-refractivity contribution in [1.29, 1.82) is 0 Å². The second-order valence-corrected chi connectivity index (χ2v) is 11.7. The Labute approximate surface area is 234 Å². The fourth-order valence-corrected chi connectivity index (χ4v) is 6.89. The molecule has 3 amide bonds. The Morgan fingerprint density at radius 3 is 2.13 bits per heavy atom. The molecule has 38 heavy (non-hydrogen) atoms. The van der Waals surface area contributed by atoms with Crippen LogP contribution in [0.25, 0.3) is 11.1 Å². The predicted octanol–water partition coefficient (Wildman–Crippen LogP) is 5.69. The molecule has 0 bridgehead atoms. The molecule has 3 fully saturated rings. The average molecular weight is 557 g/mol. The molecule has 2 unspecified atom stereocenters. The molecule has 2 saturated heterocycles. The molecule has 8 heteroatoms. The van der Waals surface area contributed by atoms with Crippen molar-refractivity contribution in [3.05, 3.63) is 57.6 Å². The van der Waals surface area contributed by atoms with Crippen LogP contribution in [0.3, 0.4) is 0 Å². The first kappa shape index (κ1) is 27.0. The van der Waals surface area contributed by atoms with Gasteiger partial charge in [0.2, 0.25) is 11.8 Å². The third-order valence-electron chi connectivity index (χ3n) is 8.42.